The summed E-state index contributed by atoms with van der Waals surface area (Å²) in [6, 6.07) is 14.2. The molecule has 0 aliphatic carbocycles. The van der Waals surface area contributed by atoms with Gasteiger partial charge < -0.3 is 4.84 Å². The molecule has 0 saturated carbocycles. The molecule has 1 heterocycles. The zero-order valence-corrected chi connectivity index (χ0v) is 14.5. The summed E-state index contributed by atoms with van der Waals surface area (Å²) >= 11 is 5.87. The molecule has 25 heavy (non-hydrogen) atoms. The Morgan fingerprint density at radius 1 is 1.04 bits per heavy atom. The first-order chi connectivity index (χ1) is 11.9. The van der Waals surface area contributed by atoms with E-state index in [0.717, 1.165) is 0 Å². The van der Waals surface area contributed by atoms with Crippen LogP contribution in [0, 0.1) is 5.92 Å². The smallest absolute Gasteiger partial charge is 0.340 e. The van der Waals surface area contributed by atoms with Crippen molar-refractivity contribution in [3.8, 4) is 0 Å². The van der Waals surface area contributed by atoms with Gasteiger partial charge in [-0.15, -0.1) is 0 Å². The Bertz CT molecular complexity index is 880. The van der Waals surface area contributed by atoms with Gasteiger partial charge in [0.15, 0.2) is 9.84 Å². The quantitative estimate of drug-likeness (QED) is 0.803. The molecule has 0 spiro atoms. The minimum Gasteiger partial charge on any atom is -0.340 e. The maximum Gasteiger partial charge on any atom is 0.345 e. The number of carbonyl (C=O) groups is 2. The topological polar surface area (TPSA) is 89.5 Å². The molecule has 8 heteroatoms. The number of nitrogens with one attached hydrogen (secondary N) is 1. The lowest BCUT2D eigenvalue weighted by Crippen LogP contribution is -2.31. The van der Waals surface area contributed by atoms with E-state index in [2.05, 4.69) is 4.84 Å². The number of benzene rings is 2. The van der Waals surface area contributed by atoms with E-state index in [1.807, 2.05) is 5.48 Å². The fourth-order valence-corrected chi connectivity index (χ4v) is 4.48. The number of hydroxylamine groups is 1. The molecule has 1 aliphatic rings. The van der Waals surface area contributed by atoms with Crippen LogP contribution >= 0.6 is 11.6 Å². The number of amides is 1. The fraction of sp³-hybridized carbons (Fsp3) is 0.176. The van der Waals surface area contributed by atoms with Crippen molar-refractivity contribution in [2.45, 2.75) is 10.8 Å². The van der Waals surface area contributed by atoms with Gasteiger partial charge in [-0.3, -0.25) is 4.79 Å². The molecule has 2 unspecified atom stereocenters. The van der Waals surface area contributed by atoms with Gasteiger partial charge >= 0.3 is 5.97 Å². The molecule has 3 rings (SSSR count). The first-order valence-electron chi connectivity index (χ1n) is 7.42. The third-order valence-corrected chi connectivity index (χ3v) is 6.03. The van der Waals surface area contributed by atoms with E-state index in [0.29, 0.717) is 10.6 Å². The predicted octanol–water partition coefficient (Wildman–Crippen LogP) is 2.10. The van der Waals surface area contributed by atoms with Crippen molar-refractivity contribution in [3.63, 3.8) is 0 Å². The largest absolute Gasteiger partial charge is 0.345 e. The van der Waals surface area contributed by atoms with Crippen LogP contribution in [0.15, 0.2) is 59.5 Å². The van der Waals surface area contributed by atoms with Crippen molar-refractivity contribution in [1.82, 2.24) is 5.48 Å². The van der Waals surface area contributed by atoms with E-state index >= 15 is 0 Å². The van der Waals surface area contributed by atoms with Crippen molar-refractivity contribution in [1.29, 1.82) is 0 Å². The molecule has 1 saturated heterocycles. The van der Waals surface area contributed by atoms with Gasteiger partial charge in [0.25, 0.3) is 5.91 Å². The highest BCUT2D eigenvalue weighted by atomic mass is 35.5. The van der Waals surface area contributed by atoms with Crippen molar-refractivity contribution >= 4 is 33.3 Å². The fourth-order valence-electron chi connectivity index (χ4n) is 2.74. The lowest BCUT2D eigenvalue weighted by Gasteiger charge is -2.19. The Balaban J connectivity index is 2.01. The van der Waals surface area contributed by atoms with Crippen LogP contribution in [-0.2, 0) is 24.3 Å². The molecular weight excluding hydrogens is 366 g/mol. The molecule has 0 aromatic heterocycles. The molecule has 2 atom stereocenters. The molecular formula is C17H14ClNO5S. The summed E-state index contributed by atoms with van der Waals surface area (Å²) < 4.78 is 25.5. The maximum absolute atomic E-state index is 12.7. The summed E-state index contributed by atoms with van der Waals surface area (Å²) in [5.74, 6) is -4.00. The molecule has 0 bridgehead atoms. The number of hydrogen-bond acceptors (Lipinski definition) is 5. The van der Waals surface area contributed by atoms with Crippen molar-refractivity contribution in [2.75, 3.05) is 5.75 Å². The zero-order chi connectivity index (χ0) is 18.0. The minimum absolute atomic E-state index is 0.126. The van der Waals surface area contributed by atoms with Crippen LogP contribution in [0.4, 0.5) is 0 Å². The van der Waals surface area contributed by atoms with Gasteiger partial charge in [-0.1, -0.05) is 41.9 Å². The lowest BCUT2D eigenvalue weighted by molar-refractivity contribution is -0.146. The molecule has 1 N–H and O–H groups in total. The third-order valence-electron chi connectivity index (χ3n) is 3.99. The zero-order valence-electron chi connectivity index (χ0n) is 12.9. The van der Waals surface area contributed by atoms with E-state index in [1.165, 1.54) is 12.1 Å². The Labute approximate surface area is 149 Å². The Kier molecular flexibility index (Phi) is 4.78. The van der Waals surface area contributed by atoms with Gasteiger partial charge in [-0.05, 0) is 29.8 Å². The molecule has 2 aromatic carbocycles. The molecule has 1 aliphatic heterocycles. The number of sulfone groups is 1. The van der Waals surface area contributed by atoms with Crippen molar-refractivity contribution in [3.05, 3.63) is 65.2 Å². The van der Waals surface area contributed by atoms with Crippen LogP contribution in [0.1, 0.15) is 11.5 Å². The van der Waals surface area contributed by atoms with Crippen LogP contribution in [0.2, 0.25) is 5.02 Å². The predicted molar refractivity (Wildman–Crippen MR) is 90.4 cm³/mol. The number of hydrogen-bond donors (Lipinski definition) is 1. The second kappa shape index (κ2) is 6.85. The first-order valence-corrected chi connectivity index (χ1v) is 9.45. The monoisotopic (exact) mass is 379 g/mol. The van der Waals surface area contributed by atoms with E-state index in [4.69, 9.17) is 11.6 Å². The first kappa shape index (κ1) is 17.4. The molecule has 1 amide bonds. The van der Waals surface area contributed by atoms with Gasteiger partial charge in [0.1, 0.15) is 5.92 Å². The average Bonchev–Trinajstić information content (AvgIpc) is 2.93. The second-order valence-electron chi connectivity index (χ2n) is 5.62. The maximum atomic E-state index is 12.7. The van der Waals surface area contributed by atoms with Crippen LogP contribution < -0.4 is 5.48 Å². The summed E-state index contributed by atoms with van der Waals surface area (Å²) in [6.07, 6.45) is 0. The van der Waals surface area contributed by atoms with Gasteiger partial charge in [0, 0.05) is 10.9 Å². The Morgan fingerprint density at radius 2 is 1.68 bits per heavy atom. The van der Waals surface area contributed by atoms with E-state index < -0.39 is 39.3 Å². The SMILES string of the molecule is O=C1NOC(=O)C1C(CS(=O)(=O)c1ccccc1)c1ccc(Cl)cc1. The van der Waals surface area contributed by atoms with Gasteiger partial charge in [0.2, 0.25) is 0 Å². The highest BCUT2D eigenvalue weighted by Gasteiger charge is 2.44. The van der Waals surface area contributed by atoms with Gasteiger partial charge in [-0.25, -0.2) is 13.2 Å². The molecule has 0 radical (unpaired) electrons. The van der Waals surface area contributed by atoms with Crippen molar-refractivity contribution in [2.24, 2.45) is 5.92 Å². The standard InChI is InChI=1S/C17H14ClNO5S/c18-12-8-6-11(7-9-12)14(15-16(20)19-24-17(15)21)10-25(22,23)13-4-2-1-3-5-13/h1-9,14-15H,10H2,(H,19,20). The van der Waals surface area contributed by atoms with E-state index in [1.54, 1.807) is 42.5 Å². The number of rotatable bonds is 5. The number of carbonyl (C=O) groups excluding carboxylic acids is 2. The third kappa shape index (κ3) is 3.67. The van der Waals surface area contributed by atoms with Crippen molar-refractivity contribution < 1.29 is 22.8 Å². The Morgan fingerprint density at radius 3 is 2.24 bits per heavy atom. The summed E-state index contributed by atoms with van der Waals surface area (Å²) in [7, 11) is -3.72. The van der Waals surface area contributed by atoms with E-state index in [9.17, 15) is 18.0 Å². The summed E-state index contributed by atoms with van der Waals surface area (Å²) in [5.41, 5.74) is 2.51. The molecule has 1 fully saturated rings. The molecule has 130 valence electrons. The van der Waals surface area contributed by atoms with E-state index in [-0.39, 0.29) is 4.90 Å². The van der Waals surface area contributed by atoms with Gasteiger partial charge in [0.05, 0.1) is 10.6 Å². The van der Waals surface area contributed by atoms with Gasteiger partial charge in [-0.2, -0.15) is 5.48 Å². The van der Waals surface area contributed by atoms with Crippen LogP contribution in [-0.4, -0.2) is 26.0 Å². The molecule has 6 nitrogen and oxygen atoms in total. The summed E-state index contributed by atoms with van der Waals surface area (Å²) in [5, 5.41) is 0.465. The lowest BCUT2D eigenvalue weighted by atomic mass is 9.87. The van der Waals surface area contributed by atoms with Crippen LogP contribution in [0.3, 0.4) is 0 Å². The number of halogens is 1. The second-order valence-corrected chi connectivity index (χ2v) is 8.09. The average molecular weight is 380 g/mol. The minimum atomic E-state index is -3.72. The molecule has 2 aromatic rings. The highest BCUT2D eigenvalue weighted by molar-refractivity contribution is 7.91. The van der Waals surface area contributed by atoms with Crippen LogP contribution in [0.25, 0.3) is 0 Å². The van der Waals surface area contributed by atoms with Crippen LogP contribution in [0.5, 0.6) is 0 Å². The normalized spacial score (nSPS) is 18.5. The summed E-state index contributed by atoms with van der Waals surface area (Å²) in [4.78, 5) is 28.7. The highest BCUT2D eigenvalue weighted by Crippen LogP contribution is 2.32. The Hall–Kier alpha value is -2.38. The summed E-state index contributed by atoms with van der Waals surface area (Å²) in [6.45, 7) is 0.